The fourth-order valence-electron chi connectivity index (χ4n) is 2.97. The monoisotopic (exact) mass is 290 g/mol. The number of piperidine rings is 1. The van der Waals surface area contributed by atoms with E-state index in [1.807, 2.05) is 6.92 Å². The maximum atomic E-state index is 13.7. The van der Waals surface area contributed by atoms with Gasteiger partial charge in [0.2, 0.25) is 0 Å². The predicted octanol–water partition coefficient (Wildman–Crippen LogP) is 1.90. The Kier molecular flexibility index (Phi) is 3.63. The lowest BCUT2D eigenvalue weighted by Gasteiger charge is -2.34. The van der Waals surface area contributed by atoms with Gasteiger partial charge in [0.1, 0.15) is 11.3 Å². The number of imidazole rings is 1. The number of halogens is 1. The molecule has 1 aliphatic heterocycles. The van der Waals surface area contributed by atoms with Gasteiger partial charge in [0.05, 0.1) is 17.4 Å². The van der Waals surface area contributed by atoms with E-state index >= 15 is 0 Å². The van der Waals surface area contributed by atoms with E-state index in [1.165, 1.54) is 18.5 Å². The molecule has 2 aromatic rings. The summed E-state index contributed by atoms with van der Waals surface area (Å²) in [5.74, 6) is -0.307. The van der Waals surface area contributed by atoms with E-state index in [0.29, 0.717) is 35.6 Å². The number of likely N-dealkylation sites (tertiary alicyclic amines) is 1. The molecule has 1 fully saturated rings. The number of amides is 1. The van der Waals surface area contributed by atoms with Crippen LogP contribution in [0.5, 0.6) is 0 Å². The predicted molar refractivity (Wildman–Crippen MR) is 78.3 cm³/mol. The zero-order chi connectivity index (χ0) is 15.0. The van der Waals surface area contributed by atoms with E-state index < -0.39 is 5.82 Å². The number of nitrogens with zero attached hydrogens (tertiary/aromatic N) is 2. The molecule has 1 amide bonds. The molecule has 2 heterocycles. The van der Waals surface area contributed by atoms with Gasteiger partial charge in [-0.25, -0.2) is 9.37 Å². The molecule has 0 saturated carbocycles. The highest BCUT2D eigenvalue weighted by atomic mass is 19.1. The molecule has 1 saturated heterocycles. The zero-order valence-electron chi connectivity index (χ0n) is 12.0. The molecule has 112 valence electrons. The van der Waals surface area contributed by atoms with Crippen molar-refractivity contribution < 1.29 is 9.18 Å². The van der Waals surface area contributed by atoms with E-state index in [9.17, 15) is 9.18 Å². The van der Waals surface area contributed by atoms with Crippen molar-refractivity contribution in [3.8, 4) is 0 Å². The van der Waals surface area contributed by atoms with Crippen molar-refractivity contribution in [2.45, 2.75) is 25.8 Å². The molecule has 3 N–H and O–H groups in total. The molecule has 0 bridgehead atoms. The van der Waals surface area contributed by atoms with Gasteiger partial charge in [0.15, 0.2) is 0 Å². The normalized spacial score (nSPS) is 20.7. The number of hydrogen-bond acceptors (Lipinski definition) is 3. The van der Waals surface area contributed by atoms with Gasteiger partial charge in [-0.15, -0.1) is 0 Å². The third-order valence-corrected chi connectivity index (χ3v) is 4.21. The molecule has 0 aliphatic carbocycles. The minimum Gasteiger partial charge on any atom is -0.344 e. The van der Waals surface area contributed by atoms with Crippen LogP contribution in [-0.2, 0) is 0 Å². The number of nitrogens with one attached hydrogen (secondary N) is 1. The summed E-state index contributed by atoms with van der Waals surface area (Å²) in [7, 11) is 0. The summed E-state index contributed by atoms with van der Waals surface area (Å²) in [5.41, 5.74) is 7.33. The molecule has 6 heteroatoms. The van der Waals surface area contributed by atoms with Gasteiger partial charge in [-0.2, -0.15) is 0 Å². The maximum Gasteiger partial charge on any atom is 0.256 e. The van der Waals surface area contributed by atoms with E-state index in [1.54, 1.807) is 4.90 Å². The van der Waals surface area contributed by atoms with E-state index in [2.05, 4.69) is 9.97 Å². The molecule has 2 unspecified atom stereocenters. The van der Waals surface area contributed by atoms with E-state index in [0.717, 1.165) is 12.8 Å². The Labute approximate surface area is 122 Å². The number of aromatic amines is 1. The standard InChI is InChI=1S/C15H19FN4O/c1-9(17)10-3-2-4-20(7-10)15(21)12-5-11(16)6-13-14(12)19-8-18-13/h5-6,8-10H,2-4,7,17H2,1H3,(H,18,19). The van der Waals surface area contributed by atoms with Crippen LogP contribution in [0.2, 0.25) is 0 Å². The number of carbonyl (C=O) groups excluding carboxylic acids is 1. The van der Waals surface area contributed by atoms with Crippen molar-refractivity contribution >= 4 is 16.9 Å². The number of benzene rings is 1. The number of rotatable bonds is 2. The zero-order valence-corrected chi connectivity index (χ0v) is 12.0. The summed E-state index contributed by atoms with van der Waals surface area (Å²) in [6, 6.07) is 2.67. The highest BCUT2D eigenvalue weighted by molar-refractivity contribution is 6.04. The van der Waals surface area contributed by atoms with E-state index in [-0.39, 0.29) is 11.9 Å². The highest BCUT2D eigenvalue weighted by Crippen LogP contribution is 2.23. The van der Waals surface area contributed by atoms with Crippen LogP contribution in [0.4, 0.5) is 4.39 Å². The first-order valence-electron chi connectivity index (χ1n) is 7.23. The number of nitrogens with two attached hydrogens (primary N) is 1. The van der Waals surface area contributed by atoms with Gasteiger partial charge >= 0.3 is 0 Å². The van der Waals surface area contributed by atoms with Crippen molar-refractivity contribution in [1.29, 1.82) is 0 Å². The summed E-state index contributed by atoms with van der Waals surface area (Å²) < 4.78 is 13.7. The number of fused-ring (bicyclic) bond motifs is 1. The largest absolute Gasteiger partial charge is 0.344 e. The van der Waals surface area contributed by atoms with Gasteiger partial charge in [-0.3, -0.25) is 4.79 Å². The fraction of sp³-hybridized carbons (Fsp3) is 0.467. The molecule has 5 nitrogen and oxygen atoms in total. The Bertz CT molecular complexity index is 667. The molecule has 0 radical (unpaired) electrons. The van der Waals surface area contributed by atoms with Crippen molar-refractivity contribution in [3.05, 3.63) is 29.8 Å². The summed E-state index contributed by atoms with van der Waals surface area (Å²) in [6.45, 7) is 3.27. The third-order valence-electron chi connectivity index (χ3n) is 4.21. The van der Waals surface area contributed by atoms with Crippen LogP contribution in [-0.4, -0.2) is 39.9 Å². The molecule has 2 atom stereocenters. The number of aromatic nitrogens is 2. The lowest BCUT2D eigenvalue weighted by atomic mass is 9.92. The van der Waals surface area contributed by atoms with Gasteiger partial charge in [-0.05, 0) is 37.8 Å². The van der Waals surface area contributed by atoms with Crippen LogP contribution < -0.4 is 5.73 Å². The fourth-order valence-corrected chi connectivity index (χ4v) is 2.97. The Morgan fingerprint density at radius 1 is 1.57 bits per heavy atom. The van der Waals surface area contributed by atoms with Crippen LogP contribution in [0.1, 0.15) is 30.1 Å². The molecule has 1 aliphatic rings. The van der Waals surface area contributed by atoms with Crippen LogP contribution in [0.25, 0.3) is 11.0 Å². The second-order valence-corrected chi connectivity index (χ2v) is 5.76. The first kappa shape index (κ1) is 14.0. The minimum absolute atomic E-state index is 0.0542. The van der Waals surface area contributed by atoms with Crippen LogP contribution in [0, 0.1) is 11.7 Å². The summed E-state index contributed by atoms with van der Waals surface area (Å²) in [4.78, 5) is 21.4. The molecular weight excluding hydrogens is 271 g/mol. The van der Waals surface area contributed by atoms with Gasteiger partial charge < -0.3 is 15.6 Å². The van der Waals surface area contributed by atoms with Crippen molar-refractivity contribution in [1.82, 2.24) is 14.9 Å². The number of hydrogen-bond donors (Lipinski definition) is 2. The van der Waals surface area contributed by atoms with Gasteiger partial charge in [0, 0.05) is 19.1 Å². The molecule has 0 spiro atoms. The Morgan fingerprint density at radius 3 is 3.14 bits per heavy atom. The van der Waals surface area contributed by atoms with Crippen molar-refractivity contribution in [3.63, 3.8) is 0 Å². The summed E-state index contributed by atoms with van der Waals surface area (Å²) in [5, 5.41) is 0. The highest BCUT2D eigenvalue weighted by Gasteiger charge is 2.28. The Morgan fingerprint density at radius 2 is 2.38 bits per heavy atom. The first-order valence-corrected chi connectivity index (χ1v) is 7.23. The summed E-state index contributed by atoms with van der Waals surface area (Å²) >= 11 is 0. The van der Waals surface area contributed by atoms with E-state index in [4.69, 9.17) is 5.73 Å². The average Bonchev–Trinajstić information content (AvgIpc) is 2.93. The van der Waals surface area contributed by atoms with Gasteiger partial charge in [0.25, 0.3) is 5.91 Å². The lowest BCUT2D eigenvalue weighted by molar-refractivity contribution is 0.0662. The minimum atomic E-state index is -0.434. The average molecular weight is 290 g/mol. The van der Waals surface area contributed by atoms with Crippen LogP contribution in [0.3, 0.4) is 0 Å². The molecule has 3 rings (SSSR count). The van der Waals surface area contributed by atoms with Crippen LogP contribution in [0.15, 0.2) is 18.5 Å². The Balaban J connectivity index is 1.91. The SMILES string of the molecule is CC(N)C1CCCN(C(=O)c2cc(F)cc3[nH]cnc23)C1. The second kappa shape index (κ2) is 5.44. The Hall–Kier alpha value is -1.95. The second-order valence-electron chi connectivity index (χ2n) is 5.76. The number of carbonyl (C=O) groups is 1. The topological polar surface area (TPSA) is 75.0 Å². The molecular formula is C15H19FN4O. The third kappa shape index (κ3) is 2.63. The first-order chi connectivity index (χ1) is 10.1. The maximum absolute atomic E-state index is 13.7. The molecule has 21 heavy (non-hydrogen) atoms. The quantitative estimate of drug-likeness (QED) is 0.887. The lowest BCUT2D eigenvalue weighted by Crippen LogP contribution is -2.45. The van der Waals surface area contributed by atoms with Crippen molar-refractivity contribution in [2.75, 3.05) is 13.1 Å². The number of H-pyrrole nitrogens is 1. The molecule has 1 aromatic carbocycles. The van der Waals surface area contributed by atoms with Gasteiger partial charge in [-0.1, -0.05) is 0 Å². The smallest absolute Gasteiger partial charge is 0.256 e. The van der Waals surface area contributed by atoms with Crippen LogP contribution >= 0.6 is 0 Å². The van der Waals surface area contributed by atoms with Crippen molar-refractivity contribution in [2.24, 2.45) is 11.7 Å². The summed E-state index contributed by atoms with van der Waals surface area (Å²) in [6.07, 6.45) is 3.43. The molecule has 1 aromatic heterocycles.